The Morgan fingerprint density at radius 2 is 1.88 bits per heavy atom. The minimum Gasteiger partial charge on any atom is -0.465 e. The first-order chi connectivity index (χ1) is 11.8. The number of halogens is 3. The molecule has 25 heavy (non-hydrogen) atoms. The van der Waals surface area contributed by atoms with E-state index < -0.39 is 17.7 Å². The Kier molecular flexibility index (Phi) is 4.30. The normalized spacial score (nSPS) is 10.9. The number of benzene rings is 2. The Bertz CT molecular complexity index is 1080. The molecule has 0 radical (unpaired) electrons. The largest absolute Gasteiger partial charge is 0.465 e. The second kappa shape index (κ2) is 6.29. The highest BCUT2D eigenvalue weighted by molar-refractivity contribution is 9.10. The van der Waals surface area contributed by atoms with Crippen molar-refractivity contribution >= 4 is 38.6 Å². The topological polar surface area (TPSA) is 71.3 Å². The summed E-state index contributed by atoms with van der Waals surface area (Å²) >= 11 is 3.31. The van der Waals surface area contributed by atoms with E-state index in [-0.39, 0.29) is 16.8 Å². The smallest absolute Gasteiger partial charge is 0.409 e. The Morgan fingerprint density at radius 1 is 1.16 bits per heavy atom. The van der Waals surface area contributed by atoms with Gasteiger partial charge in [0.25, 0.3) is 0 Å². The van der Waals surface area contributed by atoms with Crippen molar-refractivity contribution in [2.75, 3.05) is 5.32 Å². The standard InChI is InChI=1S/C17H11BrF2N2O3/c1-8-4-16(23)10-3-2-9(18)5-14(10)22(8)15-7-13(21-17(24)25)11(19)6-12(15)20/h2-7,21H,1H3,(H,24,25). The van der Waals surface area contributed by atoms with E-state index >= 15 is 0 Å². The summed E-state index contributed by atoms with van der Waals surface area (Å²) in [7, 11) is 0. The van der Waals surface area contributed by atoms with Gasteiger partial charge in [-0.25, -0.2) is 13.6 Å². The number of pyridine rings is 1. The summed E-state index contributed by atoms with van der Waals surface area (Å²) < 4.78 is 30.4. The van der Waals surface area contributed by atoms with E-state index in [9.17, 15) is 18.4 Å². The van der Waals surface area contributed by atoms with Crippen molar-refractivity contribution in [2.45, 2.75) is 6.92 Å². The van der Waals surface area contributed by atoms with Crippen molar-refractivity contribution in [3.63, 3.8) is 0 Å². The fourth-order valence-corrected chi connectivity index (χ4v) is 3.01. The Hall–Kier alpha value is -2.74. The number of hydrogen-bond acceptors (Lipinski definition) is 2. The molecule has 0 aliphatic carbocycles. The van der Waals surface area contributed by atoms with Gasteiger partial charge in [-0.05, 0) is 31.2 Å². The average molecular weight is 409 g/mol. The van der Waals surface area contributed by atoms with Crippen LogP contribution in [0.3, 0.4) is 0 Å². The summed E-state index contributed by atoms with van der Waals surface area (Å²) in [5.74, 6) is -1.92. The molecule has 3 rings (SSSR count). The van der Waals surface area contributed by atoms with E-state index in [1.807, 2.05) is 5.32 Å². The highest BCUT2D eigenvalue weighted by Gasteiger charge is 2.16. The van der Waals surface area contributed by atoms with Crippen molar-refractivity contribution in [2.24, 2.45) is 0 Å². The van der Waals surface area contributed by atoms with Crippen LogP contribution in [0.25, 0.3) is 16.6 Å². The first-order valence-electron chi connectivity index (χ1n) is 7.09. The van der Waals surface area contributed by atoms with Crippen LogP contribution in [-0.2, 0) is 0 Å². The van der Waals surface area contributed by atoms with Gasteiger partial charge in [-0.2, -0.15) is 0 Å². The summed E-state index contributed by atoms with van der Waals surface area (Å²) in [6.45, 7) is 1.61. The predicted molar refractivity (Wildman–Crippen MR) is 93.5 cm³/mol. The maximum atomic E-state index is 14.4. The molecule has 1 amide bonds. The van der Waals surface area contributed by atoms with Gasteiger partial charge in [-0.3, -0.25) is 10.1 Å². The highest BCUT2D eigenvalue weighted by atomic mass is 79.9. The van der Waals surface area contributed by atoms with Crippen LogP contribution in [-0.4, -0.2) is 15.8 Å². The van der Waals surface area contributed by atoms with E-state index in [4.69, 9.17) is 5.11 Å². The van der Waals surface area contributed by atoms with Gasteiger partial charge in [0.1, 0.15) is 11.6 Å². The second-order valence-electron chi connectivity index (χ2n) is 5.36. The fraction of sp³-hybridized carbons (Fsp3) is 0.0588. The Morgan fingerprint density at radius 3 is 2.56 bits per heavy atom. The van der Waals surface area contributed by atoms with E-state index in [2.05, 4.69) is 15.9 Å². The number of rotatable bonds is 2. The van der Waals surface area contributed by atoms with Crippen LogP contribution in [0.15, 0.2) is 45.7 Å². The summed E-state index contributed by atoms with van der Waals surface area (Å²) in [4.78, 5) is 23.0. The van der Waals surface area contributed by atoms with Gasteiger partial charge in [0.15, 0.2) is 5.43 Å². The molecule has 1 heterocycles. The summed E-state index contributed by atoms with van der Waals surface area (Å²) in [6.07, 6.45) is -1.47. The zero-order valence-corrected chi connectivity index (χ0v) is 14.4. The van der Waals surface area contributed by atoms with Gasteiger partial charge in [-0.15, -0.1) is 0 Å². The quantitative estimate of drug-likeness (QED) is 0.658. The van der Waals surface area contributed by atoms with Crippen LogP contribution >= 0.6 is 15.9 Å². The predicted octanol–water partition coefficient (Wildman–Crippen LogP) is 4.43. The van der Waals surface area contributed by atoms with Gasteiger partial charge >= 0.3 is 6.09 Å². The first-order valence-corrected chi connectivity index (χ1v) is 7.88. The molecular weight excluding hydrogens is 398 g/mol. The van der Waals surface area contributed by atoms with E-state index in [0.717, 1.165) is 6.07 Å². The van der Waals surface area contributed by atoms with Crippen molar-refractivity contribution < 1.29 is 18.7 Å². The SMILES string of the molecule is Cc1cc(=O)c2ccc(Br)cc2n1-c1cc(NC(=O)O)c(F)cc1F. The molecule has 0 saturated carbocycles. The van der Waals surface area contributed by atoms with Crippen LogP contribution in [0.1, 0.15) is 5.69 Å². The third-order valence-corrected chi connectivity index (χ3v) is 4.17. The van der Waals surface area contributed by atoms with E-state index in [1.165, 1.54) is 10.6 Å². The zero-order valence-electron chi connectivity index (χ0n) is 12.8. The Balaban J connectivity index is 2.39. The molecule has 0 spiro atoms. The van der Waals surface area contributed by atoms with Crippen LogP contribution < -0.4 is 10.7 Å². The number of amides is 1. The molecule has 1 aromatic heterocycles. The minimum atomic E-state index is -1.47. The lowest BCUT2D eigenvalue weighted by Gasteiger charge is -2.17. The second-order valence-corrected chi connectivity index (χ2v) is 6.28. The van der Waals surface area contributed by atoms with E-state index in [0.29, 0.717) is 27.1 Å². The van der Waals surface area contributed by atoms with Crippen LogP contribution in [0.5, 0.6) is 0 Å². The minimum absolute atomic E-state index is 0.0780. The first kappa shape index (κ1) is 17.1. The lowest BCUT2D eigenvalue weighted by atomic mass is 10.1. The molecule has 2 N–H and O–H groups in total. The Labute approximate surface area is 148 Å². The third-order valence-electron chi connectivity index (χ3n) is 3.68. The molecule has 5 nitrogen and oxygen atoms in total. The molecule has 3 aromatic rings. The number of hydrogen-bond donors (Lipinski definition) is 2. The maximum absolute atomic E-state index is 14.4. The van der Waals surface area contributed by atoms with Gasteiger partial charge < -0.3 is 9.67 Å². The molecule has 0 saturated heterocycles. The lowest BCUT2D eigenvalue weighted by molar-refractivity contribution is 0.209. The van der Waals surface area contributed by atoms with Crippen molar-refractivity contribution in [1.82, 2.24) is 4.57 Å². The van der Waals surface area contributed by atoms with Gasteiger partial charge in [0.05, 0.1) is 16.9 Å². The van der Waals surface area contributed by atoms with Crippen LogP contribution in [0.4, 0.5) is 19.3 Å². The molecular formula is C17H11BrF2N2O3. The number of nitrogens with one attached hydrogen (secondary N) is 1. The number of anilines is 1. The molecule has 0 aliphatic rings. The average Bonchev–Trinajstić information content (AvgIpc) is 2.50. The number of nitrogens with zero attached hydrogens (tertiary/aromatic N) is 1. The molecule has 128 valence electrons. The summed E-state index contributed by atoms with van der Waals surface area (Å²) in [6, 6.07) is 7.90. The molecule has 8 heteroatoms. The van der Waals surface area contributed by atoms with Gasteiger partial charge in [0.2, 0.25) is 0 Å². The van der Waals surface area contributed by atoms with Crippen molar-refractivity contribution in [3.8, 4) is 5.69 Å². The van der Waals surface area contributed by atoms with E-state index in [1.54, 1.807) is 25.1 Å². The highest BCUT2D eigenvalue weighted by Crippen LogP contribution is 2.27. The molecule has 0 unspecified atom stereocenters. The van der Waals surface area contributed by atoms with Gasteiger partial charge in [-0.1, -0.05) is 15.9 Å². The molecule has 0 bridgehead atoms. The maximum Gasteiger partial charge on any atom is 0.409 e. The summed E-state index contributed by atoms with van der Waals surface area (Å²) in [5, 5.41) is 11.0. The molecule has 2 aromatic carbocycles. The van der Waals surface area contributed by atoms with Crippen molar-refractivity contribution in [3.05, 3.63) is 68.4 Å². The summed E-state index contributed by atoms with van der Waals surface area (Å²) in [5.41, 5.74) is 0.132. The number of aromatic nitrogens is 1. The number of carbonyl (C=O) groups is 1. The third kappa shape index (κ3) is 3.12. The molecule has 0 fully saturated rings. The number of carboxylic acid groups (broad SMARTS) is 1. The zero-order chi connectivity index (χ0) is 18.3. The lowest BCUT2D eigenvalue weighted by Crippen LogP contribution is -2.14. The number of aryl methyl sites for hydroxylation is 1. The van der Waals surface area contributed by atoms with Crippen LogP contribution in [0, 0.1) is 18.6 Å². The molecule has 0 atom stereocenters. The number of fused-ring (bicyclic) bond motifs is 1. The van der Waals surface area contributed by atoms with Crippen molar-refractivity contribution in [1.29, 1.82) is 0 Å². The monoisotopic (exact) mass is 408 g/mol. The fourth-order valence-electron chi connectivity index (χ4n) is 2.66. The van der Waals surface area contributed by atoms with Crippen LogP contribution in [0.2, 0.25) is 0 Å². The van der Waals surface area contributed by atoms with Gasteiger partial charge in [0, 0.05) is 27.7 Å². The molecule has 0 aliphatic heterocycles.